The van der Waals surface area contributed by atoms with Crippen molar-refractivity contribution in [2.75, 3.05) is 7.11 Å². The predicted molar refractivity (Wildman–Crippen MR) is 88.4 cm³/mol. The highest BCUT2D eigenvalue weighted by molar-refractivity contribution is 5.81. The molecule has 0 spiro atoms. The average Bonchev–Trinajstić information content (AvgIpc) is 2.51. The standard InChI is InChI=1S/C17H21N3O4/c1-17(2,3)24-16(22)20-14(15(21)23-4)9-11-10-18-12-7-5-6-8-13(12)19-11/h5-8,10,14H,9H2,1-4H3,(H,20,22)/t14-/m0/s1. The van der Waals surface area contributed by atoms with E-state index in [0.717, 1.165) is 11.0 Å². The van der Waals surface area contributed by atoms with E-state index in [1.165, 1.54) is 7.11 Å². The van der Waals surface area contributed by atoms with E-state index in [2.05, 4.69) is 15.3 Å². The third-order valence-electron chi connectivity index (χ3n) is 3.09. The third kappa shape index (κ3) is 4.91. The van der Waals surface area contributed by atoms with Crippen molar-refractivity contribution < 1.29 is 19.1 Å². The molecule has 0 aliphatic heterocycles. The van der Waals surface area contributed by atoms with Crippen molar-refractivity contribution in [2.24, 2.45) is 0 Å². The Kier molecular flexibility index (Phi) is 5.33. The fourth-order valence-corrected chi connectivity index (χ4v) is 2.09. The molecule has 2 aromatic rings. The van der Waals surface area contributed by atoms with Crippen LogP contribution in [0.25, 0.3) is 11.0 Å². The van der Waals surface area contributed by atoms with Gasteiger partial charge in [-0.05, 0) is 32.9 Å². The summed E-state index contributed by atoms with van der Waals surface area (Å²) in [5, 5.41) is 2.52. The highest BCUT2D eigenvalue weighted by atomic mass is 16.6. The van der Waals surface area contributed by atoms with Crippen LogP contribution in [0.2, 0.25) is 0 Å². The van der Waals surface area contributed by atoms with E-state index in [-0.39, 0.29) is 6.42 Å². The van der Waals surface area contributed by atoms with Crippen LogP contribution in [0, 0.1) is 0 Å². The molecule has 0 saturated heterocycles. The summed E-state index contributed by atoms with van der Waals surface area (Å²) in [6, 6.07) is 6.51. The number of amides is 1. The van der Waals surface area contributed by atoms with Gasteiger partial charge in [-0.15, -0.1) is 0 Å². The Morgan fingerprint density at radius 3 is 2.50 bits per heavy atom. The van der Waals surface area contributed by atoms with Crippen molar-refractivity contribution in [3.05, 3.63) is 36.2 Å². The van der Waals surface area contributed by atoms with Crippen LogP contribution in [-0.4, -0.2) is 40.8 Å². The number of nitrogens with one attached hydrogen (secondary N) is 1. The summed E-state index contributed by atoms with van der Waals surface area (Å²) in [7, 11) is 1.26. The Balaban J connectivity index is 2.15. The van der Waals surface area contributed by atoms with E-state index >= 15 is 0 Å². The molecule has 0 aliphatic carbocycles. The van der Waals surface area contributed by atoms with Gasteiger partial charge in [-0.3, -0.25) is 4.98 Å². The van der Waals surface area contributed by atoms with Crippen molar-refractivity contribution in [3.63, 3.8) is 0 Å². The van der Waals surface area contributed by atoms with Gasteiger partial charge in [-0.25, -0.2) is 14.6 Å². The molecule has 0 fully saturated rings. The molecular formula is C17H21N3O4. The molecule has 1 amide bonds. The Bertz CT molecular complexity index is 740. The molecule has 0 radical (unpaired) electrons. The highest BCUT2D eigenvalue weighted by Gasteiger charge is 2.25. The number of methoxy groups -OCH3 is 1. The zero-order valence-corrected chi connectivity index (χ0v) is 14.2. The minimum atomic E-state index is -0.902. The average molecular weight is 331 g/mol. The number of carbonyl (C=O) groups is 2. The number of para-hydroxylation sites is 2. The van der Waals surface area contributed by atoms with Gasteiger partial charge in [0.1, 0.15) is 11.6 Å². The minimum absolute atomic E-state index is 0.156. The number of esters is 1. The molecule has 0 saturated carbocycles. The molecule has 7 heteroatoms. The maximum atomic E-state index is 11.9. The number of benzene rings is 1. The highest BCUT2D eigenvalue weighted by Crippen LogP contribution is 2.11. The lowest BCUT2D eigenvalue weighted by Gasteiger charge is -2.22. The van der Waals surface area contributed by atoms with Crippen molar-refractivity contribution >= 4 is 23.1 Å². The molecule has 1 N–H and O–H groups in total. The summed E-state index contributed by atoms with van der Waals surface area (Å²) in [5.74, 6) is -0.573. The molecule has 1 heterocycles. The van der Waals surface area contributed by atoms with E-state index in [1.807, 2.05) is 24.3 Å². The van der Waals surface area contributed by atoms with Crippen LogP contribution in [0.4, 0.5) is 4.79 Å². The van der Waals surface area contributed by atoms with Crippen LogP contribution in [0.3, 0.4) is 0 Å². The Hall–Kier alpha value is -2.70. The molecule has 1 atom stereocenters. The third-order valence-corrected chi connectivity index (χ3v) is 3.09. The number of carbonyl (C=O) groups excluding carboxylic acids is 2. The van der Waals surface area contributed by atoms with Crippen molar-refractivity contribution in [2.45, 2.75) is 38.8 Å². The number of fused-ring (bicyclic) bond motifs is 1. The minimum Gasteiger partial charge on any atom is -0.467 e. The quantitative estimate of drug-likeness (QED) is 0.864. The largest absolute Gasteiger partial charge is 0.467 e. The van der Waals surface area contributed by atoms with Gasteiger partial charge in [0, 0.05) is 12.6 Å². The van der Waals surface area contributed by atoms with E-state index in [1.54, 1.807) is 27.0 Å². The monoisotopic (exact) mass is 331 g/mol. The zero-order valence-electron chi connectivity index (χ0n) is 14.2. The van der Waals surface area contributed by atoms with E-state index in [9.17, 15) is 9.59 Å². The first-order valence-corrected chi connectivity index (χ1v) is 7.56. The SMILES string of the molecule is COC(=O)[C@H](Cc1cnc2ccccc2n1)NC(=O)OC(C)(C)C. The van der Waals surface area contributed by atoms with Gasteiger partial charge in [0.15, 0.2) is 0 Å². The summed E-state index contributed by atoms with van der Waals surface area (Å²) in [6.07, 6.45) is 1.05. The zero-order chi connectivity index (χ0) is 17.7. The first-order chi connectivity index (χ1) is 11.3. The molecule has 0 bridgehead atoms. The van der Waals surface area contributed by atoms with Crippen LogP contribution >= 0.6 is 0 Å². The Morgan fingerprint density at radius 2 is 1.88 bits per heavy atom. The normalized spacial score (nSPS) is 12.5. The second kappa shape index (κ2) is 7.25. The number of rotatable bonds is 4. The summed E-state index contributed by atoms with van der Waals surface area (Å²) >= 11 is 0. The lowest BCUT2D eigenvalue weighted by molar-refractivity contribution is -0.143. The van der Waals surface area contributed by atoms with Gasteiger partial charge in [0.2, 0.25) is 0 Å². The molecule has 0 unspecified atom stereocenters. The summed E-state index contributed by atoms with van der Waals surface area (Å²) in [4.78, 5) is 32.6. The smallest absolute Gasteiger partial charge is 0.408 e. The number of nitrogens with zero attached hydrogens (tertiary/aromatic N) is 2. The predicted octanol–water partition coefficient (Wildman–Crippen LogP) is 2.24. The number of ether oxygens (including phenoxy) is 2. The summed E-state index contributed by atoms with van der Waals surface area (Å²) in [5.41, 5.74) is 1.39. The molecule has 1 aromatic heterocycles. The lowest BCUT2D eigenvalue weighted by Crippen LogP contribution is -2.45. The molecule has 7 nitrogen and oxygen atoms in total. The van der Waals surface area contributed by atoms with Crippen LogP contribution in [0.1, 0.15) is 26.5 Å². The Morgan fingerprint density at radius 1 is 1.21 bits per heavy atom. The van der Waals surface area contributed by atoms with Gasteiger partial charge in [0.25, 0.3) is 0 Å². The van der Waals surface area contributed by atoms with Gasteiger partial charge in [0.05, 0.1) is 23.8 Å². The van der Waals surface area contributed by atoms with Crippen LogP contribution in [0.5, 0.6) is 0 Å². The fraction of sp³-hybridized carbons (Fsp3) is 0.412. The van der Waals surface area contributed by atoms with E-state index in [0.29, 0.717) is 5.69 Å². The van der Waals surface area contributed by atoms with E-state index in [4.69, 9.17) is 9.47 Å². The van der Waals surface area contributed by atoms with Crippen molar-refractivity contribution in [3.8, 4) is 0 Å². The lowest BCUT2D eigenvalue weighted by atomic mass is 10.1. The van der Waals surface area contributed by atoms with Gasteiger partial charge in [-0.2, -0.15) is 0 Å². The molecule has 0 aliphatic rings. The second-order valence-electron chi connectivity index (χ2n) is 6.28. The Labute approximate surface area is 140 Å². The first kappa shape index (κ1) is 17.7. The maximum absolute atomic E-state index is 11.9. The van der Waals surface area contributed by atoms with Crippen molar-refractivity contribution in [1.29, 1.82) is 0 Å². The van der Waals surface area contributed by atoms with Crippen LogP contribution in [-0.2, 0) is 20.7 Å². The molecule has 2 rings (SSSR count). The number of hydrogen-bond donors (Lipinski definition) is 1. The first-order valence-electron chi connectivity index (χ1n) is 7.56. The van der Waals surface area contributed by atoms with Crippen LogP contribution < -0.4 is 5.32 Å². The summed E-state index contributed by atoms with van der Waals surface area (Å²) < 4.78 is 9.92. The van der Waals surface area contributed by atoms with E-state index < -0.39 is 23.7 Å². The van der Waals surface area contributed by atoms with Gasteiger partial charge < -0.3 is 14.8 Å². The molecule has 24 heavy (non-hydrogen) atoms. The summed E-state index contributed by atoms with van der Waals surface area (Å²) in [6.45, 7) is 5.23. The number of aromatic nitrogens is 2. The number of alkyl carbamates (subject to hydrolysis) is 1. The van der Waals surface area contributed by atoms with Gasteiger partial charge in [-0.1, -0.05) is 12.1 Å². The topological polar surface area (TPSA) is 90.4 Å². The van der Waals surface area contributed by atoms with Gasteiger partial charge >= 0.3 is 12.1 Å². The molecular weight excluding hydrogens is 310 g/mol. The number of hydrogen-bond acceptors (Lipinski definition) is 6. The van der Waals surface area contributed by atoms with Crippen LogP contribution in [0.15, 0.2) is 30.5 Å². The van der Waals surface area contributed by atoms with Crippen molar-refractivity contribution in [1.82, 2.24) is 15.3 Å². The second-order valence-corrected chi connectivity index (χ2v) is 6.28. The fourth-order valence-electron chi connectivity index (χ4n) is 2.09. The molecule has 1 aromatic carbocycles. The molecule has 128 valence electrons. The maximum Gasteiger partial charge on any atom is 0.408 e.